The van der Waals surface area contributed by atoms with Gasteiger partial charge in [0, 0.05) is 7.05 Å². The zero-order valence-corrected chi connectivity index (χ0v) is 12.4. The quantitative estimate of drug-likeness (QED) is 0.734. The average molecular weight is 290 g/mol. The molecule has 6 heteroatoms. The first-order chi connectivity index (χ1) is 9.54. The molecule has 4 nitrogen and oxygen atoms in total. The van der Waals surface area contributed by atoms with Crippen LogP contribution in [0.3, 0.4) is 0 Å². The number of hydrogen-bond donors (Lipinski definition) is 1. The maximum absolute atomic E-state index is 14.2. The summed E-state index contributed by atoms with van der Waals surface area (Å²) < 4.78 is 18.2. The van der Waals surface area contributed by atoms with Crippen LogP contribution in [0.25, 0.3) is 16.9 Å². The van der Waals surface area contributed by atoms with Crippen molar-refractivity contribution in [1.82, 2.24) is 19.3 Å². The molecule has 0 fully saturated rings. The number of aromatic nitrogens is 4. The van der Waals surface area contributed by atoms with Crippen molar-refractivity contribution in [2.45, 2.75) is 20.3 Å². The Kier molecular flexibility index (Phi) is 2.97. The van der Waals surface area contributed by atoms with E-state index in [4.69, 9.17) is 12.2 Å². The summed E-state index contributed by atoms with van der Waals surface area (Å²) in [5.74, 6) is -0.291. The third kappa shape index (κ3) is 1.71. The highest BCUT2D eigenvalue weighted by atomic mass is 32.1. The van der Waals surface area contributed by atoms with Gasteiger partial charge in [-0.05, 0) is 37.2 Å². The second-order valence-electron chi connectivity index (χ2n) is 4.79. The van der Waals surface area contributed by atoms with E-state index < -0.39 is 0 Å². The van der Waals surface area contributed by atoms with Crippen LogP contribution in [0, 0.1) is 17.5 Å². The highest BCUT2D eigenvalue weighted by Crippen LogP contribution is 2.26. The summed E-state index contributed by atoms with van der Waals surface area (Å²) in [7, 11) is 1.84. The maximum atomic E-state index is 14.2. The van der Waals surface area contributed by atoms with Crippen LogP contribution in [0.1, 0.15) is 18.2 Å². The molecule has 0 unspecified atom stereocenters. The molecule has 0 saturated carbocycles. The van der Waals surface area contributed by atoms with E-state index in [0.717, 1.165) is 28.8 Å². The number of H-pyrrole nitrogens is 1. The Morgan fingerprint density at radius 1 is 1.40 bits per heavy atom. The lowest BCUT2D eigenvalue weighted by molar-refractivity contribution is 0.615. The SMILES string of the molecule is CCc1nn(C)c2c1[nH]c(=S)n2-c1c(C)cccc1F. The average Bonchev–Trinajstić information content (AvgIpc) is 2.88. The molecule has 0 aliphatic rings. The second-order valence-corrected chi connectivity index (χ2v) is 5.18. The molecular weight excluding hydrogens is 275 g/mol. The fourth-order valence-electron chi connectivity index (χ4n) is 2.57. The number of fused-ring (bicyclic) bond motifs is 1. The first-order valence-electron chi connectivity index (χ1n) is 6.46. The molecule has 0 spiro atoms. The summed E-state index contributed by atoms with van der Waals surface area (Å²) in [6.07, 6.45) is 0.795. The van der Waals surface area contributed by atoms with Gasteiger partial charge in [0.15, 0.2) is 10.4 Å². The predicted octanol–water partition coefficient (Wildman–Crippen LogP) is 3.43. The molecule has 1 aromatic carbocycles. The van der Waals surface area contributed by atoms with Gasteiger partial charge in [-0.2, -0.15) is 5.10 Å². The Morgan fingerprint density at radius 3 is 2.80 bits per heavy atom. The van der Waals surface area contributed by atoms with E-state index in [0.29, 0.717) is 10.5 Å². The van der Waals surface area contributed by atoms with Crippen LogP contribution in [0.4, 0.5) is 4.39 Å². The molecular formula is C14H15FN4S. The zero-order valence-electron chi connectivity index (χ0n) is 11.6. The number of para-hydroxylation sites is 1. The highest BCUT2D eigenvalue weighted by molar-refractivity contribution is 7.71. The minimum absolute atomic E-state index is 0.291. The topological polar surface area (TPSA) is 38.5 Å². The molecule has 0 saturated heterocycles. The Labute approximate surface area is 120 Å². The lowest BCUT2D eigenvalue weighted by Crippen LogP contribution is -2.04. The van der Waals surface area contributed by atoms with Crippen molar-refractivity contribution in [3.05, 3.63) is 40.0 Å². The van der Waals surface area contributed by atoms with E-state index in [9.17, 15) is 4.39 Å². The summed E-state index contributed by atoms with van der Waals surface area (Å²) in [6.45, 7) is 3.90. The van der Waals surface area contributed by atoms with Crippen molar-refractivity contribution in [2.75, 3.05) is 0 Å². The van der Waals surface area contributed by atoms with E-state index in [1.165, 1.54) is 6.07 Å². The zero-order chi connectivity index (χ0) is 14.4. The van der Waals surface area contributed by atoms with E-state index in [-0.39, 0.29) is 5.82 Å². The van der Waals surface area contributed by atoms with Gasteiger partial charge in [-0.3, -0.25) is 4.57 Å². The van der Waals surface area contributed by atoms with E-state index in [2.05, 4.69) is 10.1 Å². The van der Waals surface area contributed by atoms with Gasteiger partial charge in [-0.25, -0.2) is 9.07 Å². The minimum Gasteiger partial charge on any atom is -0.327 e. The molecule has 3 rings (SSSR count). The number of aromatic amines is 1. The second kappa shape index (κ2) is 4.56. The maximum Gasteiger partial charge on any atom is 0.184 e. The number of rotatable bonds is 2. The van der Waals surface area contributed by atoms with E-state index in [1.807, 2.05) is 27.0 Å². The monoisotopic (exact) mass is 290 g/mol. The number of halogens is 1. The highest BCUT2D eigenvalue weighted by Gasteiger charge is 2.18. The molecule has 0 radical (unpaired) electrons. The number of hydrogen-bond acceptors (Lipinski definition) is 2. The van der Waals surface area contributed by atoms with Crippen LogP contribution < -0.4 is 0 Å². The minimum atomic E-state index is -0.291. The smallest absolute Gasteiger partial charge is 0.184 e. The lowest BCUT2D eigenvalue weighted by atomic mass is 10.2. The van der Waals surface area contributed by atoms with Crippen LogP contribution in [-0.4, -0.2) is 19.3 Å². The molecule has 2 heterocycles. The summed E-state index contributed by atoms with van der Waals surface area (Å²) in [4.78, 5) is 3.15. The number of aryl methyl sites for hydroxylation is 3. The summed E-state index contributed by atoms with van der Waals surface area (Å²) in [5, 5.41) is 4.45. The molecule has 1 N–H and O–H groups in total. The molecule has 0 amide bonds. The van der Waals surface area contributed by atoms with Gasteiger partial charge in [0.25, 0.3) is 0 Å². The van der Waals surface area contributed by atoms with Gasteiger partial charge in [0.1, 0.15) is 11.3 Å². The van der Waals surface area contributed by atoms with Crippen LogP contribution in [-0.2, 0) is 13.5 Å². The number of imidazole rings is 1. The largest absolute Gasteiger partial charge is 0.327 e. The first kappa shape index (κ1) is 13.1. The van der Waals surface area contributed by atoms with Gasteiger partial charge in [-0.1, -0.05) is 19.1 Å². The third-order valence-corrected chi connectivity index (χ3v) is 3.77. The van der Waals surface area contributed by atoms with Crippen molar-refractivity contribution < 1.29 is 4.39 Å². The first-order valence-corrected chi connectivity index (χ1v) is 6.87. The molecule has 0 bridgehead atoms. The Balaban J connectivity index is 2.46. The predicted molar refractivity (Wildman–Crippen MR) is 79.3 cm³/mol. The Hall–Kier alpha value is -1.95. The number of benzene rings is 1. The summed E-state index contributed by atoms with van der Waals surface area (Å²) in [5.41, 5.74) is 3.92. The van der Waals surface area contributed by atoms with Gasteiger partial charge < -0.3 is 4.98 Å². The van der Waals surface area contributed by atoms with Gasteiger partial charge in [-0.15, -0.1) is 0 Å². The van der Waals surface area contributed by atoms with Gasteiger partial charge in [0.2, 0.25) is 0 Å². The molecule has 2 aromatic heterocycles. The van der Waals surface area contributed by atoms with Crippen LogP contribution in [0.5, 0.6) is 0 Å². The molecule has 20 heavy (non-hydrogen) atoms. The molecule has 0 aliphatic carbocycles. The fraction of sp³-hybridized carbons (Fsp3) is 0.286. The summed E-state index contributed by atoms with van der Waals surface area (Å²) >= 11 is 5.37. The van der Waals surface area contributed by atoms with Crippen LogP contribution >= 0.6 is 12.2 Å². The van der Waals surface area contributed by atoms with Crippen molar-refractivity contribution >= 4 is 23.4 Å². The molecule has 104 valence electrons. The van der Waals surface area contributed by atoms with Crippen molar-refractivity contribution in [3.8, 4) is 5.69 Å². The fourth-order valence-corrected chi connectivity index (χ4v) is 2.85. The standard InChI is InChI=1S/C14H15FN4S/c1-4-10-11-13(18(3)17-10)19(14(20)16-11)12-8(2)6-5-7-9(12)15/h5-7H,4H2,1-3H3,(H,16,20). The Bertz CT molecular complexity index is 836. The molecule has 0 atom stereocenters. The van der Waals surface area contributed by atoms with Crippen LogP contribution in [0.2, 0.25) is 0 Å². The Morgan fingerprint density at radius 2 is 2.15 bits per heavy atom. The number of nitrogens with zero attached hydrogens (tertiary/aromatic N) is 3. The van der Waals surface area contributed by atoms with Crippen molar-refractivity contribution in [3.63, 3.8) is 0 Å². The molecule has 0 aliphatic heterocycles. The van der Waals surface area contributed by atoms with E-state index >= 15 is 0 Å². The normalized spacial score (nSPS) is 11.4. The molecule has 3 aromatic rings. The number of nitrogens with one attached hydrogen (secondary N) is 1. The third-order valence-electron chi connectivity index (χ3n) is 3.48. The lowest BCUT2D eigenvalue weighted by Gasteiger charge is -2.09. The van der Waals surface area contributed by atoms with Crippen LogP contribution in [0.15, 0.2) is 18.2 Å². The van der Waals surface area contributed by atoms with E-state index in [1.54, 1.807) is 15.3 Å². The van der Waals surface area contributed by atoms with Crippen molar-refractivity contribution in [2.24, 2.45) is 7.05 Å². The van der Waals surface area contributed by atoms with Gasteiger partial charge >= 0.3 is 0 Å². The summed E-state index contributed by atoms with van der Waals surface area (Å²) in [6, 6.07) is 5.01. The van der Waals surface area contributed by atoms with Gasteiger partial charge in [0.05, 0.1) is 11.4 Å². The van der Waals surface area contributed by atoms with Crippen molar-refractivity contribution in [1.29, 1.82) is 0 Å².